The average molecular weight is 595 g/mol. The zero-order chi connectivity index (χ0) is 29.4. The number of hydrogen-bond donors (Lipinski definition) is 3. The van der Waals surface area contributed by atoms with Crippen molar-refractivity contribution in [2.45, 2.75) is 32.4 Å². The molecule has 1 atom stereocenters. The van der Waals surface area contributed by atoms with Gasteiger partial charge in [-0.25, -0.2) is 4.79 Å². The highest BCUT2D eigenvalue weighted by atomic mass is 35.5. The van der Waals surface area contributed by atoms with Gasteiger partial charge in [0.25, 0.3) is 11.8 Å². The number of fused-ring (bicyclic) bond motifs is 2. The van der Waals surface area contributed by atoms with Gasteiger partial charge in [0.1, 0.15) is 17.4 Å². The van der Waals surface area contributed by atoms with Crippen molar-refractivity contribution in [3.05, 3.63) is 98.2 Å². The van der Waals surface area contributed by atoms with E-state index in [2.05, 4.69) is 5.32 Å². The average Bonchev–Trinajstić information content (AvgIpc) is 3.40. The summed E-state index contributed by atoms with van der Waals surface area (Å²) in [6.07, 6.45) is 1.77. The number of rotatable bonds is 7. The first kappa shape index (κ1) is 28.2. The van der Waals surface area contributed by atoms with Gasteiger partial charge in [-0.2, -0.15) is 0 Å². The molecule has 9 nitrogen and oxygen atoms in total. The molecule has 0 aliphatic carbocycles. The van der Waals surface area contributed by atoms with Crippen molar-refractivity contribution < 1.29 is 33.8 Å². The lowest BCUT2D eigenvalue weighted by molar-refractivity contribution is -0.139. The number of benzene rings is 3. The summed E-state index contributed by atoms with van der Waals surface area (Å²) in [7, 11) is 0. The zero-order valence-corrected chi connectivity index (χ0v) is 23.3. The van der Waals surface area contributed by atoms with Crippen LogP contribution >= 0.6 is 23.2 Å². The zero-order valence-electron chi connectivity index (χ0n) is 21.7. The molecule has 11 heteroatoms. The van der Waals surface area contributed by atoms with Crippen LogP contribution in [0, 0.1) is 0 Å². The Balaban J connectivity index is 1.35. The Morgan fingerprint density at radius 3 is 2.59 bits per heavy atom. The third-order valence-electron chi connectivity index (χ3n) is 7.11. The monoisotopic (exact) mass is 594 g/mol. The van der Waals surface area contributed by atoms with E-state index >= 15 is 0 Å². The number of hydrogen-bond acceptors (Lipinski definition) is 6. The summed E-state index contributed by atoms with van der Waals surface area (Å²) < 4.78 is 5.41. The predicted octanol–water partition coefficient (Wildman–Crippen LogP) is 5.27. The van der Waals surface area contributed by atoms with Crippen LogP contribution in [-0.2, 0) is 24.2 Å². The highest BCUT2D eigenvalue weighted by Crippen LogP contribution is 2.35. The molecule has 1 unspecified atom stereocenters. The molecule has 0 bridgehead atoms. The number of ketones is 1. The number of Topliss-reactive ketones (excluding diaryl/α,β-unsaturated/α-hetero) is 1. The Bertz CT molecular complexity index is 1730. The Hall–Kier alpha value is -4.34. The van der Waals surface area contributed by atoms with E-state index < -0.39 is 17.9 Å². The number of carboxylic acids is 1. The fraction of sp³-hybridized carbons (Fsp3) is 0.200. The van der Waals surface area contributed by atoms with Gasteiger partial charge in [0.2, 0.25) is 0 Å². The highest BCUT2D eigenvalue weighted by Gasteiger charge is 2.30. The van der Waals surface area contributed by atoms with E-state index in [0.29, 0.717) is 40.8 Å². The van der Waals surface area contributed by atoms with Crippen LogP contribution in [0.1, 0.15) is 54.7 Å². The van der Waals surface area contributed by atoms with E-state index in [4.69, 9.17) is 27.6 Å². The van der Waals surface area contributed by atoms with E-state index in [1.165, 1.54) is 25.1 Å². The van der Waals surface area contributed by atoms with Crippen LogP contribution < -0.4 is 5.32 Å². The van der Waals surface area contributed by atoms with E-state index in [9.17, 15) is 29.4 Å². The number of carboxylic acid groups (broad SMARTS) is 1. The van der Waals surface area contributed by atoms with Crippen LogP contribution in [0.3, 0.4) is 0 Å². The van der Waals surface area contributed by atoms with Crippen molar-refractivity contribution >= 4 is 57.7 Å². The Morgan fingerprint density at radius 1 is 1.07 bits per heavy atom. The molecule has 0 radical (unpaired) electrons. The Morgan fingerprint density at radius 2 is 1.85 bits per heavy atom. The van der Waals surface area contributed by atoms with Crippen molar-refractivity contribution in [3.63, 3.8) is 0 Å². The highest BCUT2D eigenvalue weighted by molar-refractivity contribution is 6.40. The van der Waals surface area contributed by atoms with Gasteiger partial charge in [-0.3, -0.25) is 14.4 Å². The predicted molar refractivity (Wildman–Crippen MR) is 152 cm³/mol. The molecule has 2 heterocycles. The second-order valence-corrected chi connectivity index (χ2v) is 10.6. The molecule has 2 amide bonds. The number of carbonyl (C=O) groups is 4. The topological polar surface area (TPSA) is 137 Å². The minimum absolute atomic E-state index is 0.0187. The molecule has 0 spiro atoms. The van der Waals surface area contributed by atoms with Gasteiger partial charge in [0.05, 0.1) is 27.4 Å². The standard InChI is InChI=1S/C30H24Cl2N2O7/c1-15(35)21-10-16(2-5-24(21)36)11-23(30(39)40)33-28(37)26-22(31)12-19-14-34(8-6-20(19)27(26)32)29(38)18-4-3-17-7-9-41-25(17)13-18/h2-5,7,9-10,12-13,23,36H,6,8,11,14H2,1H3,(H,33,37)(H,39,40). The first-order valence-electron chi connectivity index (χ1n) is 12.7. The van der Waals surface area contributed by atoms with Gasteiger partial charge in [-0.15, -0.1) is 0 Å². The van der Waals surface area contributed by atoms with Gasteiger partial charge in [0, 0.05) is 30.5 Å². The number of carbonyl (C=O) groups excluding carboxylic acids is 3. The molecular weight excluding hydrogens is 571 g/mol. The molecule has 3 N–H and O–H groups in total. The van der Waals surface area contributed by atoms with Gasteiger partial charge < -0.3 is 24.8 Å². The van der Waals surface area contributed by atoms with Crippen LogP contribution in [0.4, 0.5) is 0 Å². The largest absolute Gasteiger partial charge is 0.507 e. The lowest BCUT2D eigenvalue weighted by atomic mass is 9.95. The summed E-state index contributed by atoms with van der Waals surface area (Å²) in [6.45, 7) is 1.86. The number of nitrogens with zero attached hydrogens (tertiary/aromatic N) is 1. The number of aliphatic carboxylic acids is 1. The lowest BCUT2D eigenvalue weighted by Crippen LogP contribution is -2.42. The maximum Gasteiger partial charge on any atom is 0.326 e. The van der Waals surface area contributed by atoms with E-state index in [1.807, 2.05) is 12.1 Å². The number of phenols is 1. The Kier molecular flexibility index (Phi) is 7.75. The van der Waals surface area contributed by atoms with Crippen LogP contribution in [-0.4, -0.2) is 51.3 Å². The second kappa shape index (κ2) is 11.3. The third kappa shape index (κ3) is 5.64. The van der Waals surface area contributed by atoms with Crippen LogP contribution in [0.15, 0.2) is 59.2 Å². The maximum absolute atomic E-state index is 13.2. The fourth-order valence-electron chi connectivity index (χ4n) is 4.96. The molecule has 1 aliphatic rings. The minimum atomic E-state index is -1.37. The van der Waals surface area contributed by atoms with Crippen molar-refractivity contribution in [2.75, 3.05) is 6.54 Å². The van der Waals surface area contributed by atoms with Crippen molar-refractivity contribution in [1.82, 2.24) is 10.2 Å². The quantitative estimate of drug-likeness (QED) is 0.248. The van der Waals surface area contributed by atoms with Gasteiger partial charge in [-0.1, -0.05) is 35.3 Å². The first-order valence-corrected chi connectivity index (χ1v) is 13.4. The maximum atomic E-state index is 13.2. The summed E-state index contributed by atoms with van der Waals surface area (Å²) in [5, 5.41) is 23.1. The van der Waals surface area contributed by atoms with Crippen molar-refractivity contribution in [3.8, 4) is 5.75 Å². The van der Waals surface area contributed by atoms with Crippen LogP contribution in [0.2, 0.25) is 10.0 Å². The smallest absolute Gasteiger partial charge is 0.326 e. The molecule has 0 saturated heterocycles. The third-order valence-corrected chi connectivity index (χ3v) is 7.82. The first-order chi connectivity index (χ1) is 19.5. The van der Waals surface area contributed by atoms with Crippen molar-refractivity contribution in [1.29, 1.82) is 0 Å². The molecule has 3 aromatic carbocycles. The van der Waals surface area contributed by atoms with Crippen LogP contribution in [0.25, 0.3) is 11.0 Å². The number of amides is 2. The summed E-state index contributed by atoms with van der Waals surface area (Å²) >= 11 is 13.1. The Labute approximate surface area is 244 Å². The van der Waals surface area contributed by atoms with E-state index in [1.54, 1.807) is 29.4 Å². The van der Waals surface area contributed by atoms with E-state index in [0.717, 1.165) is 5.39 Å². The summed E-state index contributed by atoms with van der Waals surface area (Å²) in [6, 6.07) is 11.4. The number of aromatic hydroxyl groups is 1. The molecule has 1 aliphatic heterocycles. The number of halogens is 2. The molecule has 5 rings (SSSR count). The lowest BCUT2D eigenvalue weighted by Gasteiger charge is -2.30. The molecule has 0 saturated carbocycles. The number of phenolic OH excluding ortho intramolecular Hbond substituents is 1. The second-order valence-electron chi connectivity index (χ2n) is 9.81. The summed E-state index contributed by atoms with van der Waals surface area (Å²) in [5.74, 6) is -2.86. The minimum Gasteiger partial charge on any atom is -0.507 e. The SMILES string of the molecule is CC(=O)c1cc(CC(NC(=O)c2c(Cl)cc3c(c2Cl)CCN(C(=O)c2ccc4ccoc4c2)C3)C(=O)O)ccc1O. The molecular formula is C30H24Cl2N2O7. The van der Waals surface area contributed by atoms with Crippen molar-refractivity contribution in [2.24, 2.45) is 0 Å². The molecule has 0 fully saturated rings. The number of nitrogens with one attached hydrogen (secondary N) is 1. The molecule has 210 valence electrons. The van der Waals surface area contributed by atoms with Gasteiger partial charge >= 0.3 is 5.97 Å². The molecule has 4 aromatic rings. The summed E-state index contributed by atoms with van der Waals surface area (Å²) in [5.41, 5.74) is 2.85. The van der Waals surface area contributed by atoms with Gasteiger partial charge in [-0.05, 0) is 66.4 Å². The summed E-state index contributed by atoms with van der Waals surface area (Å²) in [4.78, 5) is 51.8. The normalized spacial score (nSPS) is 13.5. The van der Waals surface area contributed by atoms with E-state index in [-0.39, 0.29) is 51.6 Å². The molecule has 1 aromatic heterocycles. The number of furan rings is 1. The van der Waals surface area contributed by atoms with Gasteiger partial charge in [0.15, 0.2) is 5.78 Å². The fourth-order valence-corrected chi connectivity index (χ4v) is 5.73. The molecule has 41 heavy (non-hydrogen) atoms. The van der Waals surface area contributed by atoms with Crippen LogP contribution in [0.5, 0.6) is 5.75 Å².